The van der Waals surface area contributed by atoms with Crippen LogP contribution in [0.2, 0.25) is 0 Å². The van der Waals surface area contributed by atoms with Crippen molar-refractivity contribution in [1.82, 2.24) is 14.7 Å². The number of hydrogen-bond donors (Lipinski definition) is 0. The van der Waals surface area contributed by atoms with Gasteiger partial charge in [-0.15, -0.1) is 0 Å². The fraction of sp³-hybridized carbons (Fsp3) is 0.227. The van der Waals surface area contributed by atoms with E-state index in [4.69, 9.17) is 9.47 Å². The Labute approximate surface area is 168 Å². The van der Waals surface area contributed by atoms with Gasteiger partial charge in [0.05, 0.1) is 31.5 Å². The zero-order valence-electron chi connectivity index (χ0n) is 16.2. The van der Waals surface area contributed by atoms with Crippen LogP contribution in [0.3, 0.4) is 0 Å². The highest BCUT2D eigenvalue weighted by molar-refractivity contribution is 5.97. The molecule has 0 bridgehead atoms. The minimum Gasteiger partial charge on any atom is -0.497 e. The average Bonchev–Trinajstić information content (AvgIpc) is 2.74. The zero-order valence-corrected chi connectivity index (χ0v) is 16.2. The molecule has 7 nitrogen and oxygen atoms in total. The van der Waals surface area contributed by atoms with Gasteiger partial charge in [0.15, 0.2) is 0 Å². The number of likely N-dealkylation sites (tertiary alicyclic amines) is 1. The Balaban J connectivity index is 1.52. The molecule has 7 heteroatoms. The van der Waals surface area contributed by atoms with Gasteiger partial charge >= 0.3 is 0 Å². The molecule has 0 atom stereocenters. The van der Waals surface area contributed by atoms with Gasteiger partial charge in [0, 0.05) is 30.8 Å². The lowest BCUT2D eigenvalue weighted by Crippen LogP contribution is -2.53. The highest BCUT2D eigenvalue weighted by Crippen LogP contribution is 2.29. The van der Waals surface area contributed by atoms with E-state index in [0.29, 0.717) is 30.2 Å². The van der Waals surface area contributed by atoms with Crippen LogP contribution < -0.4 is 15.0 Å². The van der Waals surface area contributed by atoms with E-state index in [0.717, 1.165) is 11.3 Å². The van der Waals surface area contributed by atoms with E-state index in [2.05, 4.69) is 5.10 Å². The second-order valence-electron chi connectivity index (χ2n) is 6.80. The van der Waals surface area contributed by atoms with Gasteiger partial charge in [-0.05, 0) is 18.2 Å². The third-order valence-electron chi connectivity index (χ3n) is 5.03. The van der Waals surface area contributed by atoms with Gasteiger partial charge in [0.2, 0.25) is 0 Å². The lowest BCUT2D eigenvalue weighted by molar-refractivity contribution is 0.0490. The van der Waals surface area contributed by atoms with Crippen molar-refractivity contribution in [3.05, 3.63) is 76.6 Å². The van der Waals surface area contributed by atoms with Gasteiger partial charge < -0.3 is 14.4 Å². The standard InChI is InChI=1S/C22H21N3O4/c1-28-17-8-9-18(20(12-17)29-2)22(27)24-13-16(14-24)25-21(26)11-10-19(23-25)15-6-4-3-5-7-15/h3-12,16H,13-14H2,1-2H3. The van der Waals surface area contributed by atoms with Crippen LogP contribution in [-0.2, 0) is 0 Å². The minimum absolute atomic E-state index is 0.145. The van der Waals surface area contributed by atoms with E-state index in [1.807, 2.05) is 30.3 Å². The van der Waals surface area contributed by atoms with E-state index >= 15 is 0 Å². The van der Waals surface area contributed by atoms with Crippen molar-refractivity contribution in [1.29, 1.82) is 0 Å². The van der Waals surface area contributed by atoms with Crippen LogP contribution in [0.15, 0.2) is 65.5 Å². The summed E-state index contributed by atoms with van der Waals surface area (Å²) in [5.41, 5.74) is 1.96. The number of carbonyl (C=O) groups excluding carboxylic acids is 1. The van der Waals surface area contributed by atoms with Gasteiger partial charge in [-0.2, -0.15) is 5.10 Å². The van der Waals surface area contributed by atoms with Gasteiger partial charge in [-0.1, -0.05) is 30.3 Å². The average molecular weight is 391 g/mol. The summed E-state index contributed by atoms with van der Waals surface area (Å²) in [4.78, 5) is 26.9. The molecule has 3 aromatic rings. The number of amides is 1. The molecule has 148 valence electrons. The van der Waals surface area contributed by atoms with Crippen LogP contribution in [0.25, 0.3) is 11.3 Å². The monoisotopic (exact) mass is 391 g/mol. The molecule has 0 saturated carbocycles. The van der Waals surface area contributed by atoms with Gasteiger partial charge in [0.25, 0.3) is 11.5 Å². The first-order valence-corrected chi connectivity index (χ1v) is 9.27. The number of benzene rings is 2. The Morgan fingerprint density at radius 3 is 2.45 bits per heavy atom. The van der Waals surface area contributed by atoms with Crippen LogP contribution in [0.1, 0.15) is 16.4 Å². The maximum atomic E-state index is 12.9. The summed E-state index contributed by atoms with van der Waals surface area (Å²) in [6, 6.07) is 17.9. The Bertz CT molecular complexity index is 1090. The largest absolute Gasteiger partial charge is 0.497 e. The summed E-state index contributed by atoms with van der Waals surface area (Å²) in [6.07, 6.45) is 0. The molecular weight excluding hydrogens is 370 g/mol. The summed E-state index contributed by atoms with van der Waals surface area (Å²) in [5, 5.41) is 4.51. The van der Waals surface area contributed by atoms with Crippen molar-refractivity contribution in [2.45, 2.75) is 6.04 Å². The van der Waals surface area contributed by atoms with Crippen LogP contribution >= 0.6 is 0 Å². The molecular formula is C22H21N3O4. The molecule has 1 fully saturated rings. The molecule has 1 aliphatic rings. The predicted octanol–water partition coefficient (Wildman–Crippen LogP) is 2.62. The fourth-order valence-corrected chi connectivity index (χ4v) is 3.37. The van der Waals surface area contributed by atoms with Gasteiger partial charge in [-0.25, -0.2) is 4.68 Å². The number of ether oxygens (including phenoxy) is 2. The Kier molecular flexibility index (Phi) is 5.03. The predicted molar refractivity (Wildman–Crippen MR) is 108 cm³/mol. The molecule has 2 heterocycles. The number of aromatic nitrogens is 2. The van der Waals surface area contributed by atoms with E-state index in [9.17, 15) is 9.59 Å². The van der Waals surface area contributed by atoms with E-state index < -0.39 is 0 Å². The van der Waals surface area contributed by atoms with Crippen LogP contribution in [0.4, 0.5) is 0 Å². The molecule has 4 rings (SSSR count). The molecule has 2 aromatic carbocycles. The summed E-state index contributed by atoms with van der Waals surface area (Å²) in [5.74, 6) is 0.931. The number of rotatable bonds is 5. The topological polar surface area (TPSA) is 73.7 Å². The second-order valence-corrected chi connectivity index (χ2v) is 6.80. The van der Waals surface area contributed by atoms with Crippen LogP contribution in [-0.4, -0.2) is 47.9 Å². The lowest BCUT2D eigenvalue weighted by atomic mass is 10.1. The minimum atomic E-state index is -0.177. The first kappa shape index (κ1) is 18.7. The second kappa shape index (κ2) is 7.79. The van der Waals surface area contributed by atoms with Gasteiger partial charge in [-0.3, -0.25) is 9.59 Å². The number of carbonyl (C=O) groups is 1. The summed E-state index contributed by atoms with van der Waals surface area (Å²) < 4.78 is 12.0. The van der Waals surface area contributed by atoms with E-state index in [-0.39, 0.29) is 17.5 Å². The van der Waals surface area contributed by atoms with Crippen molar-refractivity contribution in [2.24, 2.45) is 0 Å². The Hall–Kier alpha value is -3.61. The smallest absolute Gasteiger partial charge is 0.267 e. The normalized spacial score (nSPS) is 13.7. The molecule has 1 aromatic heterocycles. The Morgan fingerprint density at radius 1 is 1.00 bits per heavy atom. The van der Waals surface area contributed by atoms with Crippen molar-refractivity contribution in [3.8, 4) is 22.8 Å². The Morgan fingerprint density at radius 2 is 1.76 bits per heavy atom. The van der Waals surface area contributed by atoms with Crippen LogP contribution in [0, 0.1) is 0 Å². The first-order chi connectivity index (χ1) is 14.1. The summed E-state index contributed by atoms with van der Waals surface area (Å²) in [7, 11) is 3.08. The first-order valence-electron chi connectivity index (χ1n) is 9.27. The SMILES string of the molecule is COc1ccc(C(=O)N2CC(n3nc(-c4ccccc4)ccc3=O)C2)c(OC)c1. The maximum absolute atomic E-state index is 12.9. The van der Waals surface area contributed by atoms with Gasteiger partial charge in [0.1, 0.15) is 11.5 Å². The number of nitrogens with zero attached hydrogens (tertiary/aromatic N) is 3. The molecule has 0 spiro atoms. The molecule has 1 saturated heterocycles. The molecule has 0 radical (unpaired) electrons. The third-order valence-corrected chi connectivity index (χ3v) is 5.03. The van der Waals surface area contributed by atoms with E-state index in [1.54, 1.807) is 36.3 Å². The lowest BCUT2D eigenvalue weighted by Gasteiger charge is -2.39. The molecule has 1 amide bonds. The van der Waals surface area contributed by atoms with Crippen molar-refractivity contribution in [3.63, 3.8) is 0 Å². The van der Waals surface area contributed by atoms with Crippen LogP contribution in [0.5, 0.6) is 11.5 Å². The van der Waals surface area contributed by atoms with Crippen molar-refractivity contribution >= 4 is 5.91 Å². The molecule has 0 aliphatic carbocycles. The number of methoxy groups -OCH3 is 2. The summed E-state index contributed by atoms with van der Waals surface area (Å²) >= 11 is 0. The van der Waals surface area contributed by atoms with Crippen molar-refractivity contribution in [2.75, 3.05) is 27.3 Å². The van der Waals surface area contributed by atoms with E-state index in [1.165, 1.54) is 17.9 Å². The summed E-state index contributed by atoms with van der Waals surface area (Å²) in [6.45, 7) is 0.832. The highest BCUT2D eigenvalue weighted by Gasteiger charge is 2.35. The molecule has 29 heavy (non-hydrogen) atoms. The molecule has 0 unspecified atom stereocenters. The number of hydrogen-bond acceptors (Lipinski definition) is 5. The zero-order chi connectivity index (χ0) is 20.4. The fourth-order valence-electron chi connectivity index (χ4n) is 3.37. The van der Waals surface area contributed by atoms with Crippen molar-refractivity contribution < 1.29 is 14.3 Å². The molecule has 1 aliphatic heterocycles. The quantitative estimate of drug-likeness (QED) is 0.669. The third kappa shape index (κ3) is 3.59. The highest BCUT2D eigenvalue weighted by atomic mass is 16.5. The molecule has 0 N–H and O–H groups in total. The maximum Gasteiger partial charge on any atom is 0.267 e.